The average Bonchev–Trinajstić information content (AvgIpc) is 2.64. The number of alkyl carbamates (subject to hydrolysis) is 1. The third-order valence-corrected chi connectivity index (χ3v) is 2.50. The molecule has 1 saturated heterocycles. The van der Waals surface area contributed by atoms with E-state index in [0.717, 1.165) is 25.9 Å². The second-order valence-corrected chi connectivity index (χ2v) is 5.51. The molecule has 1 aliphatic rings. The number of hydrogen-bond donors (Lipinski definition) is 2. The van der Waals surface area contributed by atoms with Gasteiger partial charge in [-0.05, 0) is 40.0 Å². The van der Waals surface area contributed by atoms with Crippen molar-refractivity contribution in [2.24, 2.45) is 5.73 Å². The summed E-state index contributed by atoms with van der Waals surface area (Å²) in [4.78, 5) is 11.4. The van der Waals surface area contributed by atoms with Gasteiger partial charge in [-0.3, -0.25) is 0 Å². The highest BCUT2D eigenvalue weighted by Crippen LogP contribution is 2.16. The first-order valence-corrected chi connectivity index (χ1v) is 6.21. The summed E-state index contributed by atoms with van der Waals surface area (Å²) in [5.74, 6) is 0. The number of nitrogens with two attached hydrogens (primary N) is 1. The smallest absolute Gasteiger partial charge is 0.407 e. The van der Waals surface area contributed by atoms with Crippen LogP contribution < -0.4 is 11.1 Å². The lowest BCUT2D eigenvalue weighted by Crippen LogP contribution is -2.41. The maximum atomic E-state index is 11.4. The van der Waals surface area contributed by atoms with Crippen molar-refractivity contribution in [3.63, 3.8) is 0 Å². The molecule has 100 valence electrons. The molecule has 5 heteroatoms. The third kappa shape index (κ3) is 6.48. The third-order valence-electron chi connectivity index (χ3n) is 2.50. The molecule has 0 aliphatic carbocycles. The maximum Gasteiger partial charge on any atom is 0.407 e. The molecular weight excluding hydrogens is 220 g/mol. The molecule has 1 amide bonds. The highest BCUT2D eigenvalue weighted by Gasteiger charge is 2.20. The first kappa shape index (κ1) is 14.3. The summed E-state index contributed by atoms with van der Waals surface area (Å²) >= 11 is 0. The van der Waals surface area contributed by atoms with Gasteiger partial charge in [-0.2, -0.15) is 0 Å². The minimum absolute atomic E-state index is 0.0781. The Labute approximate surface area is 103 Å². The van der Waals surface area contributed by atoms with E-state index in [4.69, 9.17) is 15.2 Å². The van der Waals surface area contributed by atoms with Gasteiger partial charge in [0.05, 0.1) is 6.10 Å². The molecule has 1 aliphatic heterocycles. The minimum Gasteiger partial charge on any atom is -0.444 e. The second-order valence-electron chi connectivity index (χ2n) is 5.51. The van der Waals surface area contributed by atoms with Crippen molar-refractivity contribution in [2.75, 3.05) is 13.2 Å². The molecule has 3 N–H and O–H groups in total. The Bertz CT molecular complexity index is 245. The van der Waals surface area contributed by atoms with Crippen LogP contribution in [0.1, 0.15) is 40.0 Å². The summed E-state index contributed by atoms with van der Waals surface area (Å²) in [6.07, 6.45) is 2.80. The Kier molecular flexibility index (Phi) is 5.21. The molecule has 0 spiro atoms. The van der Waals surface area contributed by atoms with Crippen LogP contribution in [0.25, 0.3) is 0 Å². The molecule has 1 heterocycles. The molecular formula is C12H24N2O3. The molecule has 0 aromatic heterocycles. The number of carbonyl (C=O) groups is 1. The largest absolute Gasteiger partial charge is 0.444 e. The Morgan fingerprint density at radius 1 is 1.59 bits per heavy atom. The number of rotatable bonds is 4. The van der Waals surface area contributed by atoms with E-state index in [1.807, 2.05) is 20.8 Å². The van der Waals surface area contributed by atoms with Gasteiger partial charge in [0.25, 0.3) is 0 Å². The number of amides is 1. The highest BCUT2D eigenvalue weighted by atomic mass is 16.6. The summed E-state index contributed by atoms with van der Waals surface area (Å²) in [5.41, 5.74) is 5.45. The van der Waals surface area contributed by atoms with Crippen molar-refractivity contribution < 1.29 is 14.3 Å². The van der Waals surface area contributed by atoms with Crippen LogP contribution in [-0.4, -0.2) is 37.0 Å². The van der Waals surface area contributed by atoms with Crippen molar-refractivity contribution in [3.8, 4) is 0 Å². The Morgan fingerprint density at radius 2 is 2.29 bits per heavy atom. The molecule has 2 unspecified atom stereocenters. The summed E-state index contributed by atoms with van der Waals surface area (Å²) in [6.45, 7) is 6.75. The lowest BCUT2D eigenvalue weighted by molar-refractivity contribution is 0.0515. The van der Waals surface area contributed by atoms with Gasteiger partial charge in [0.1, 0.15) is 5.60 Å². The fourth-order valence-electron chi connectivity index (χ4n) is 1.78. The van der Waals surface area contributed by atoms with E-state index in [9.17, 15) is 4.79 Å². The van der Waals surface area contributed by atoms with Crippen molar-refractivity contribution in [1.29, 1.82) is 0 Å². The van der Waals surface area contributed by atoms with Gasteiger partial charge in [0.2, 0.25) is 0 Å². The minimum atomic E-state index is -0.470. The average molecular weight is 244 g/mol. The number of nitrogens with one attached hydrogen (secondary N) is 1. The van der Waals surface area contributed by atoms with E-state index in [1.165, 1.54) is 0 Å². The van der Waals surface area contributed by atoms with Gasteiger partial charge in [-0.1, -0.05) is 0 Å². The van der Waals surface area contributed by atoms with E-state index in [-0.39, 0.29) is 12.1 Å². The molecule has 2 atom stereocenters. The van der Waals surface area contributed by atoms with E-state index < -0.39 is 11.7 Å². The Hall–Kier alpha value is -0.810. The van der Waals surface area contributed by atoms with Gasteiger partial charge in [-0.25, -0.2) is 4.79 Å². The van der Waals surface area contributed by atoms with Crippen LogP contribution in [0.4, 0.5) is 4.79 Å². The molecule has 17 heavy (non-hydrogen) atoms. The van der Waals surface area contributed by atoms with E-state index in [2.05, 4.69) is 5.32 Å². The lowest BCUT2D eigenvalue weighted by Gasteiger charge is -2.21. The zero-order chi connectivity index (χ0) is 12.9. The molecule has 0 saturated carbocycles. The summed E-state index contributed by atoms with van der Waals surface area (Å²) in [6, 6.07) is -0.0781. The zero-order valence-electron chi connectivity index (χ0n) is 11.0. The standard InChI is InChI=1S/C12H24N2O3/c1-12(2,3)17-11(15)14-8-9(13)7-10-5-4-6-16-10/h9-10H,4-8,13H2,1-3H3,(H,14,15). The molecule has 1 rings (SSSR count). The number of ether oxygens (including phenoxy) is 2. The van der Waals surface area contributed by atoms with Crippen LogP contribution >= 0.6 is 0 Å². The van der Waals surface area contributed by atoms with Crippen molar-refractivity contribution in [1.82, 2.24) is 5.32 Å². The molecule has 0 bridgehead atoms. The highest BCUT2D eigenvalue weighted by molar-refractivity contribution is 5.67. The topological polar surface area (TPSA) is 73.6 Å². The van der Waals surface area contributed by atoms with Gasteiger partial charge < -0.3 is 20.5 Å². The fraction of sp³-hybridized carbons (Fsp3) is 0.917. The van der Waals surface area contributed by atoms with Crippen LogP contribution in [0.2, 0.25) is 0 Å². The summed E-state index contributed by atoms with van der Waals surface area (Å²) < 4.78 is 10.6. The maximum absolute atomic E-state index is 11.4. The zero-order valence-corrected chi connectivity index (χ0v) is 11.0. The molecule has 0 aromatic carbocycles. The van der Waals surface area contributed by atoms with E-state index in [0.29, 0.717) is 6.54 Å². The van der Waals surface area contributed by atoms with Crippen molar-refractivity contribution in [3.05, 3.63) is 0 Å². The summed E-state index contributed by atoms with van der Waals surface area (Å²) in [7, 11) is 0. The molecule has 1 fully saturated rings. The van der Waals surface area contributed by atoms with Crippen LogP contribution in [0.5, 0.6) is 0 Å². The summed E-state index contributed by atoms with van der Waals surface area (Å²) in [5, 5.41) is 2.67. The van der Waals surface area contributed by atoms with E-state index in [1.54, 1.807) is 0 Å². The van der Waals surface area contributed by atoms with E-state index >= 15 is 0 Å². The van der Waals surface area contributed by atoms with Crippen molar-refractivity contribution in [2.45, 2.75) is 57.8 Å². The van der Waals surface area contributed by atoms with Crippen LogP contribution in [0.3, 0.4) is 0 Å². The molecule has 0 radical (unpaired) electrons. The monoisotopic (exact) mass is 244 g/mol. The molecule has 5 nitrogen and oxygen atoms in total. The van der Waals surface area contributed by atoms with Crippen LogP contribution in [0, 0.1) is 0 Å². The van der Waals surface area contributed by atoms with Gasteiger partial charge >= 0.3 is 6.09 Å². The lowest BCUT2D eigenvalue weighted by atomic mass is 10.1. The SMILES string of the molecule is CC(C)(C)OC(=O)NCC(N)CC1CCCO1. The molecule has 0 aromatic rings. The number of carbonyl (C=O) groups excluding carboxylic acids is 1. The van der Waals surface area contributed by atoms with Crippen LogP contribution in [0.15, 0.2) is 0 Å². The first-order chi connectivity index (χ1) is 7.87. The van der Waals surface area contributed by atoms with Crippen molar-refractivity contribution >= 4 is 6.09 Å². The normalized spacial score (nSPS) is 22.2. The first-order valence-electron chi connectivity index (χ1n) is 6.21. The predicted octanol–water partition coefficient (Wildman–Crippen LogP) is 1.41. The second kappa shape index (κ2) is 6.21. The quantitative estimate of drug-likeness (QED) is 0.784. The predicted molar refractivity (Wildman–Crippen MR) is 65.8 cm³/mol. The van der Waals surface area contributed by atoms with Gasteiger partial charge in [-0.15, -0.1) is 0 Å². The fourth-order valence-corrected chi connectivity index (χ4v) is 1.78. The van der Waals surface area contributed by atoms with Gasteiger partial charge in [0, 0.05) is 19.2 Å². The van der Waals surface area contributed by atoms with Gasteiger partial charge in [0.15, 0.2) is 0 Å². The Balaban J connectivity index is 2.14. The van der Waals surface area contributed by atoms with Crippen LogP contribution in [-0.2, 0) is 9.47 Å². The Morgan fingerprint density at radius 3 is 2.82 bits per heavy atom. The number of hydrogen-bond acceptors (Lipinski definition) is 4.